The topological polar surface area (TPSA) is 88.5 Å². The Morgan fingerprint density at radius 3 is 2.31 bits per heavy atom. The lowest BCUT2D eigenvalue weighted by Gasteiger charge is -1.96. The molecule has 0 aliphatic rings. The van der Waals surface area contributed by atoms with E-state index >= 15 is 0 Å². The molecular formula is C6H6O5S2. The molecule has 0 unspecified atom stereocenters. The molecule has 0 saturated carbocycles. The van der Waals surface area contributed by atoms with E-state index in [1.807, 2.05) is 0 Å². The van der Waals surface area contributed by atoms with Crippen LogP contribution in [-0.4, -0.2) is 21.4 Å². The Hall–Kier alpha value is -0.920. The van der Waals surface area contributed by atoms with Gasteiger partial charge in [0, 0.05) is 0 Å². The van der Waals surface area contributed by atoms with E-state index in [1.165, 1.54) is 12.1 Å². The van der Waals surface area contributed by atoms with E-state index in [4.69, 9.17) is 4.55 Å². The molecule has 7 heteroatoms. The molecule has 0 heterocycles. The van der Waals surface area contributed by atoms with Crippen LogP contribution in [0.3, 0.4) is 0 Å². The van der Waals surface area contributed by atoms with Gasteiger partial charge in [0.1, 0.15) is 0 Å². The Labute approximate surface area is 76.7 Å². The number of benzene rings is 1. The molecule has 1 aromatic rings. The Bertz CT molecular complexity index is 478. The van der Waals surface area contributed by atoms with Crippen molar-refractivity contribution < 1.29 is 21.4 Å². The van der Waals surface area contributed by atoms with Crippen molar-refractivity contribution in [1.82, 2.24) is 0 Å². The van der Waals surface area contributed by atoms with Crippen LogP contribution >= 0.6 is 0 Å². The minimum atomic E-state index is -4.33. The van der Waals surface area contributed by atoms with Crippen molar-refractivity contribution in [2.45, 2.75) is 9.79 Å². The largest absolute Gasteiger partial charge is 0.294 e. The molecule has 1 N–H and O–H groups in total. The quantitative estimate of drug-likeness (QED) is 0.539. The lowest BCUT2D eigenvalue weighted by Crippen LogP contribution is -1.98. The smallest absolute Gasteiger partial charge is 0.282 e. The van der Waals surface area contributed by atoms with Gasteiger partial charge in [-0.05, 0) is 18.2 Å². The van der Waals surface area contributed by atoms with Crippen molar-refractivity contribution >= 4 is 20.8 Å². The SMILES string of the molecule is O=[SH](=O)c1cccc(S(=O)(=O)O)c1. The van der Waals surface area contributed by atoms with Crippen molar-refractivity contribution in [3.8, 4) is 0 Å². The third kappa shape index (κ3) is 2.51. The van der Waals surface area contributed by atoms with Crippen LogP contribution in [0.15, 0.2) is 34.1 Å². The van der Waals surface area contributed by atoms with Gasteiger partial charge in [0.15, 0.2) is 10.7 Å². The van der Waals surface area contributed by atoms with Gasteiger partial charge >= 0.3 is 0 Å². The Morgan fingerprint density at radius 1 is 1.23 bits per heavy atom. The minimum Gasteiger partial charge on any atom is -0.282 e. The van der Waals surface area contributed by atoms with Crippen LogP contribution in [0, 0.1) is 0 Å². The predicted molar refractivity (Wildman–Crippen MR) is 44.8 cm³/mol. The molecule has 0 bridgehead atoms. The summed E-state index contributed by atoms with van der Waals surface area (Å²) in [5, 5.41) is 0. The van der Waals surface area contributed by atoms with E-state index in [1.54, 1.807) is 0 Å². The summed E-state index contributed by atoms with van der Waals surface area (Å²) >= 11 is 0. The Kier molecular flexibility index (Phi) is 2.69. The van der Waals surface area contributed by atoms with Crippen LogP contribution < -0.4 is 0 Å². The van der Waals surface area contributed by atoms with Crippen molar-refractivity contribution in [2.24, 2.45) is 0 Å². The van der Waals surface area contributed by atoms with E-state index in [2.05, 4.69) is 0 Å². The van der Waals surface area contributed by atoms with Gasteiger partial charge < -0.3 is 0 Å². The highest BCUT2D eigenvalue weighted by Crippen LogP contribution is 2.11. The molecule has 0 saturated heterocycles. The van der Waals surface area contributed by atoms with E-state index < -0.39 is 25.7 Å². The summed E-state index contributed by atoms with van der Waals surface area (Å²) in [6, 6.07) is 4.47. The fraction of sp³-hybridized carbons (Fsp3) is 0. The van der Waals surface area contributed by atoms with Gasteiger partial charge in [-0.3, -0.25) is 4.55 Å². The summed E-state index contributed by atoms with van der Waals surface area (Å²) in [7, 11) is -7.16. The highest BCUT2D eigenvalue weighted by molar-refractivity contribution is 7.85. The second kappa shape index (κ2) is 3.44. The molecule has 0 fully saturated rings. The summed E-state index contributed by atoms with van der Waals surface area (Å²) in [5.74, 6) is 0. The first-order valence-corrected chi connectivity index (χ1v) is 5.75. The van der Waals surface area contributed by atoms with Gasteiger partial charge in [0.2, 0.25) is 0 Å². The average molecular weight is 222 g/mol. The summed E-state index contributed by atoms with van der Waals surface area (Å²) in [6.07, 6.45) is 0. The molecule has 1 rings (SSSR count). The Morgan fingerprint density at radius 2 is 1.85 bits per heavy atom. The van der Waals surface area contributed by atoms with Gasteiger partial charge in [-0.25, -0.2) is 8.42 Å². The van der Waals surface area contributed by atoms with E-state index in [9.17, 15) is 16.8 Å². The van der Waals surface area contributed by atoms with Crippen LogP contribution in [0.5, 0.6) is 0 Å². The maximum atomic E-state index is 10.6. The second-order valence-corrected chi connectivity index (χ2v) is 4.68. The molecule has 72 valence electrons. The maximum Gasteiger partial charge on any atom is 0.294 e. The third-order valence-electron chi connectivity index (χ3n) is 1.33. The highest BCUT2D eigenvalue weighted by Gasteiger charge is 2.09. The van der Waals surface area contributed by atoms with Gasteiger partial charge in [-0.15, -0.1) is 0 Å². The standard InChI is InChI=1S/C6H6O5S2/c7-12(8)5-2-1-3-6(4-5)13(9,10)11/h1-4,12H,(H,9,10,11). The molecule has 0 spiro atoms. The van der Waals surface area contributed by atoms with E-state index in [0.717, 1.165) is 12.1 Å². The molecule has 13 heavy (non-hydrogen) atoms. The Balaban J connectivity index is 3.37. The van der Waals surface area contributed by atoms with Gasteiger partial charge in [-0.2, -0.15) is 8.42 Å². The van der Waals surface area contributed by atoms with Crippen LogP contribution in [0.2, 0.25) is 0 Å². The maximum absolute atomic E-state index is 10.6. The fourth-order valence-corrected chi connectivity index (χ4v) is 1.82. The summed E-state index contributed by atoms with van der Waals surface area (Å²) in [4.78, 5) is -0.575. The van der Waals surface area contributed by atoms with Crippen molar-refractivity contribution in [1.29, 1.82) is 0 Å². The predicted octanol–water partition coefficient (Wildman–Crippen LogP) is -0.0964. The lowest BCUT2D eigenvalue weighted by molar-refractivity contribution is 0.483. The molecule has 1 aromatic carbocycles. The van der Waals surface area contributed by atoms with E-state index in [0.29, 0.717) is 0 Å². The number of rotatable bonds is 2. The first kappa shape index (κ1) is 10.2. The normalized spacial score (nSPS) is 11.8. The summed E-state index contributed by atoms with van der Waals surface area (Å²) in [6.45, 7) is 0. The third-order valence-corrected chi connectivity index (χ3v) is 2.88. The van der Waals surface area contributed by atoms with Crippen LogP contribution in [0.1, 0.15) is 0 Å². The number of thiol groups is 1. The molecular weight excluding hydrogens is 216 g/mol. The summed E-state index contributed by atoms with van der Waals surface area (Å²) < 4.78 is 50.6. The minimum absolute atomic E-state index is 0.148. The highest BCUT2D eigenvalue weighted by atomic mass is 32.2. The molecule has 0 atom stereocenters. The molecule has 0 amide bonds. The van der Waals surface area contributed by atoms with Crippen LogP contribution in [0.25, 0.3) is 0 Å². The van der Waals surface area contributed by atoms with Crippen molar-refractivity contribution in [3.63, 3.8) is 0 Å². The molecule has 0 aliphatic carbocycles. The zero-order chi connectivity index (χ0) is 10.1. The van der Waals surface area contributed by atoms with Crippen molar-refractivity contribution in [2.75, 3.05) is 0 Å². The zero-order valence-corrected chi connectivity index (χ0v) is 7.96. The van der Waals surface area contributed by atoms with Gasteiger partial charge in [0.25, 0.3) is 10.1 Å². The fourth-order valence-electron chi connectivity index (χ4n) is 0.758. The van der Waals surface area contributed by atoms with E-state index in [-0.39, 0.29) is 4.90 Å². The number of hydrogen-bond acceptors (Lipinski definition) is 4. The summed E-state index contributed by atoms with van der Waals surface area (Å²) in [5.41, 5.74) is 0. The first-order chi connectivity index (χ1) is 5.91. The van der Waals surface area contributed by atoms with Crippen LogP contribution in [-0.2, 0) is 20.8 Å². The molecule has 0 aliphatic heterocycles. The average Bonchev–Trinajstić information content (AvgIpc) is 2.03. The monoisotopic (exact) mass is 222 g/mol. The molecule has 5 nitrogen and oxygen atoms in total. The van der Waals surface area contributed by atoms with Gasteiger partial charge in [0.05, 0.1) is 9.79 Å². The molecule has 0 radical (unpaired) electrons. The lowest BCUT2D eigenvalue weighted by atomic mass is 10.4. The van der Waals surface area contributed by atoms with Crippen molar-refractivity contribution in [3.05, 3.63) is 24.3 Å². The second-order valence-electron chi connectivity index (χ2n) is 2.23. The first-order valence-electron chi connectivity index (χ1n) is 3.13. The van der Waals surface area contributed by atoms with Crippen LogP contribution in [0.4, 0.5) is 0 Å². The molecule has 0 aromatic heterocycles. The zero-order valence-electron chi connectivity index (χ0n) is 6.25. The number of hydrogen-bond donors (Lipinski definition) is 2. The van der Waals surface area contributed by atoms with Gasteiger partial charge in [-0.1, -0.05) is 6.07 Å².